The second-order valence-corrected chi connectivity index (χ2v) is 3.73. The minimum Gasteiger partial charge on any atom is -0.378 e. The molecule has 1 amide bonds. The molecule has 0 aliphatic rings. The molecule has 0 aromatic carbocycles. The highest BCUT2D eigenvalue weighted by molar-refractivity contribution is 5.83. The molecule has 0 atom stereocenters. The van der Waals surface area contributed by atoms with E-state index in [-0.39, 0.29) is 24.5 Å². The summed E-state index contributed by atoms with van der Waals surface area (Å²) in [5.41, 5.74) is 2.47. The Balaban J connectivity index is 3.15. The molecule has 0 aliphatic heterocycles. The molecule has 4 N–H and O–H groups in total. The summed E-state index contributed by atoms with van der Waals surface area (Å²) in [6, 6.07) is 0. The molecule has 0 radical (unpaired) electrons. The average molecular weight is 261 g/mol. The summed E-state index contributed by atoms with van der Waals surface area (Å²) in [5, 5.41) is 2.67. The highest BCUT2D eigenvalue weighted by Gasteiger charge is 2.02. The van der Waals surface area contributed by atoms with Gasteiger partial charge in [-0.25, -0.2) is 0 Å². The van der Waals surface area contributed by atoms with Gasteiger partial charge in [-0.2, -0.15) is 0 Å². The van der Waals surface area contributed by atoms with Gasteiger partial charge in [0.15, 0.2) is 0 Å². The van der Waals surface area contributed by atoms with Gasteiger partial charge in [0.05, 0.1) is 26.4 Å². The third kappa shape index (κ3) is 13.0. The van der Waals surface area contributed by atoms with E-state index >= 15 is 0 Å². The van der Waals surface area contributed by atoms with Crippen molar-refractivity contribution in [3.63, 3.8) is 0 Å². The number of carbonyl (C=O) groups excluding carboxylic acids is 2. The number of amides is 1. The van der Waals surface area contributed by atoms with Gasteiger partial charge in [0.25, 0.3) is 0 Å². The van der Waals surface area contributed by atoms with Crippen molar-refractivity contribution in [2.45, 2.75) is 19.8 Å². The van der Waals surface area contributed by atoms with Gasteiger partial charge < -0.3 is 19.6 Å². The first-order valence-corrected chi connectivity index (χ1v) is 6.02. The third-order valence-corrected chi connectivity index (χ3v) is 2.04. The number of ketones is 1. The number of nitrogens with two attached hydrogens (primary N) is 1. The summed E-state index contributed by atoms with van der Waals surface area (Å²) >= 11 is 0. The molecule has 0 unspecified atom stereocenters. The predicted molar refractivity (Wildman–Crippen MR) is 66.8 cm³/mol. The molecule has 0 bridgehead atoms. The monoisotopic (exact) mass is 261 g/mol. The summed E-state index contributed by atoms with van der Waals surface area (Å²) < 4.78 is 10.4. The van der Waals surface area contributed by atoms with E-state index in [1.54, 1.807) is 0 Å². The smallest absolute Gasteiger partial charge is 0.220 e. The Labute approximate surface area is 107 Å². The fraction of sp³-hybridized carbons (Fsp3) is 0.818. The van der Waals surface area contributed by atoms with Gasteiger partial charge >= 0.3 is 0 Å². The third-order valence-electron chi connectivity index (χ3n) is 2.04. The zero-order valence-electron chi connectivity index (χ0n) is 10.9. The Morgan fingerprint density at radius 2 is 1.61 bits per heavy atom. The van der Waals surface area contributed by atoms with Crippen LogP contribution in [-0.4, -0.2) is 51.2 Å². The molecule has 0 aromatic heterocycles. The number of carbonyl (C=O) groups is 2. The van der Waals surface area contributed by atoms with Crippen LogP contribution in [0.4, 0.5) is 0 Å². The lowest BCUT2D eigenvalue weighted by Gasteiger charge is -2.06. The van der Waals surface area contributed by atoms with E-state index < -0.39 is 0 Å². The van der Waals surface area contributed by atoms with Crippen molar-refractivity contribution in [1.29, 1.82) is 0 Å². The van der Waals surface area contributed by atoms with E-state index in [2.05, 4.69) is 10.7 Å². The zero-order chi connectivity index (χ0) is 13.6. The Morgan fingerprint density at radius 3 is 2.17 bits per heavy atom. The van der Waals surface area contributed by atoms with Crippen molar-refractivity contribution in [2.24, 2.45) is 5.84 Å². The molecule has 0 aromatic rings. The van der Waals surface area contributed by atoms with Crippen molar-refractivity contribution in [3.05, 3.63) is 0 Å². The molecule has 0 heterocycles. The Kier molecular flexibility index (Phi) is 11.7. The topological polar surface area (TPSA) is 103 Å². The van der Waals surface area contributed by atoms with Gasteiger partial charge in [0.2, 0.25) is 5.91 Å². The molecule has 0 rings (SSSR count). The van der Waals surface area contributed by atoms with Gasteiger partial charge in [-0.3, -0.25) is 16.1 Å². The number of rotatable bonds is 12. The van der Waals surface area contributed by atoms with E-state index in [1.165, 1.54) is 6.92 Å². The normalized spacial score (nSPS) is 10.3. The maximum Gasteiger partial charge on any atom is 0.220 e. The van der Waals surface area contributed by atoms with Crippen LogP contribution in [0, 0.1) is 0 Å². The van der Waals surface area contributed by atoms with E-state index in [0.717, 1.165) is 0 Å². The Hall–Kier alpha value is -1.02. The number of hydrazine groups is 1. The first kappa shape index (κ1) is 17.0. The van der Waals surface area contributed by atoms with Gasteiger partial charge in [0, 0.05) is 25.9 Å². The van der Waals surface area contributed by atoms with Crippen LogP contribution in [0.5, 0.6) is 0 Å². The van der Waals surface area contributed by atoms with Crippen molar-refractivity contribution in [1.82, 2.24) is 10.7 Å². The number of hydrogen-bond acceptors (Lipinski definition) is 6. The van der Waals surface area contributed by atoms with Crippen LogP contribution in [0.2, 0.25) is 0 Å². The van der Waals surface area contributed by atoms with Crippen LogP contribution in [0.1, 0.15) is 19.8 Å². The summed E-state index contributed by atoms with van der Waals surface area (Å²) in [5.74, 6) is 4.95. The number of hydrogen-bond donors (Lipinski definition) is 3. The number of Topliss-reactive ketones (excluding diaryl/α,β-unsaturated/α-hetero) is 1. The lowest BCUT2D eigenvalue weighted by Crippen LogP contribution is -2.28. The Morgan fingerprint density at radius 1 is 1.00 bits per heavy atom. The van der Waals surface area contributed by atoms with Gasteiger partial charge in [0.1, 0.15) is 5.78 Å². The quantitative estimate of drug-likeness (QED) is 0.236. The predicted octanol–water partition coefficient (Wildman–Crippen LogP) is -1.03. The minimum atomic E-state index is -0.126. The lowest BCUT2D eigenvalue weighted by atomic mass is 10.2. The standard InChI is InChI=1S/C11H23N3O4/c1-10(15)2-3-11(16)13-4-6-17-8-9-18-7-5-14-12/h14H,2-9,12H2,1H3,(H,13,16). The number of nitrogens with one attached hydrogen (secondary N) is 2. The molecule has 0 fully saturated rings. The van der Waals surface area contributed by atoms with Crippen LogP contribution >= 0.6 is 0 Å². The van der Waals surface area contributed by atoms with Crippen molar-refractivity contribution in [2.75, 3.05) is 39.5 Å². The summed E-state index contributed by atoms with van der Waals surface area (Å²) in [6.07, 6.45) is 0.528. The second-order valence-electron chi connectivity index (χ2n) is 3.73. The lowest BCUT2D eigenvalue weighted by molar-refractivity contribution is -0.124. The van der Waals surface area contributed by atoms with E-state index in [0.29, 0.717) is 39.5 Å². The molecule has 18 heavy (non-hydrogen) atoms. The van der Waals surface area contributed by atoms with Crippen molar-refractivity contribution >= 4 is 11.7 Å². The van der Waals surface area contributed by atoms with Crippen molar-refractivity contribution < 1.29 is 19.1 Å². The molecule has 0 spiro atoms. The molecule has 0 aliphatic carbocycles. The molecular weight excluding hydrogens is 238 g/mol. The molecule has 7 heteroatoms. The van der Waals surface area contributed by atoms with Crippen molar-refractivity contribution in [3.8, 4) is 0 Å². The summed E-state index contributed by atoms with van der Waals surface area (Å²) in [7, 11) is 0. The second kappa shape index (κ2) is 12.4. The highest BCUT2D eigenvalue weighted by atomic mass is 16.5. The van der Waals surface area contributed by atoms with Gasteiger partial charge in [-0.1, -0.05) is 0 Å². The van der Waals surface area contributed by atoms with Crippen LogP contribution in [0.25, 0.3) is 0 Å². The number of ether oxygens (including phenoxy) is 2. The molecule has 0 saturated heterocycles. The highest BCUT2D eigenvalue weighted by Crippen LogP contribution is 1.89. The van der Waals surface area contributed by atoms with Crippen LogP contribution in [-0.2, 0) is 19.1 Å². The summed E-state index contributed by atoms with van der Waals surface area (Å²) in [4.78, 5) is 21.8. The fourth-order valence-corrected chi connectivity index (χ4v) is 1.09. The SMILES string of the molecule is CC(=O)CCC(=O)NCCOCCOCCNN. The van der Waals surface area contributed by atoms with E-state index in [4.69, 9.17) is 15.3 Å². The van der Waals surface area contributed by atoms with Crippen LogP contribution in [0.3, 0.4) is 0 Å². The first-order valence-electron chi connectivity index (χ1n) is 6.02. The first-order chi connectivity index (χ1) is 8.66. The van der Waals surface area contributed by atoms with Crippen LogP contribution in [0.15, 0.2) is 0 Å². The zero-order valence-corrected chi connectivity index (χ0v) is 10.9. The van der Waals surface area contributed by atoms with E-state index in [1.807, 2.05) is 0 Å². The van der Waals surface area contributed by atoms with Crippen LogP contribution < -0.4 is 16.6 Å². The molecule has 0 saturated carbocycles. The van der Waals surface area contributed by atoms with Gasteiger partial charge in [-0.05, 0) is 6.92 Å². The largest absolute Gasteiger partial charge is 0.378 e. The van der Waals surface area contributed by atoms with Gasteiger partial charge in [-0.15, -0.1) is 0 Å². The average Bonchev–Trinajstić information content (AvgIpc) is 2.34. The van der Waals surface area contributed by atoms with E-state index in [9.17, 15) is 9.59 Å². The maximum absolute atomic E-state index is 11.2. The minimum absolute atomic E-state index is 0.0190. The molecular formula is C11H23N3O4. The molecule has 7 nitrogen and oxygen atoms in total. The fourth-order valence-electron chi connectivity index (χ4n) is 1.09. The Bertz CT molecular complexity index is 236. The maximum atomic E-state index is 11.2. The molecule has 106 valence electrons. The summed E-state index contributed by atoms with van der Waals surface area (Å²) in [6.45, 7) is 4.48.